The number of hydrogen-bond donors (Lipinski definition) is 2. The van der Waals surface area contributed by atoms with Gasteiger partial charge in [0.25, 0.3) is 0 Å². The largest absolute Gasteiger partial charge is 0.325 e. The molecule has 25 heavy (non-hydrogen) atoms. The number of nitrogens with zero attached hydrogens (tertiary/aromatic N) is 2. The molecule has 1 aromatic heterocycles. The van der Waals surface area contributed by atoms with Gasteiger partial charge < -0.3 is 5.32 Å². The van der Waals surface area contributed by atoms with E-state index >= 15 is 0 Å². The summed E-state index contributed by atoms with van der Waals surface area (Å²) in [5.41, 5.74) is 3.90. The van der Waals surface area contributed by atoms with Crippen molar-refractivity contribution in [1.82, 2.24) is 10.2 Å². The number of aryl methyl sites for hydroxylation is 2. The smallest absolute Gasteiger partial charge is 0.308 e. The maximum Gasteiger partial charge on any atom is 0.325 e. The Labute approximate surface area is 159 Å². The molecule has 0 radical (unpaired) electrons. The summed E-state index contributed by atoms with van der Waals surface area (Å²) in [4.78, 5) is 12.1. The van der Waals surface area contributed by atoms with Crippen molar-refractivity contribution in [1.29, 1.82) is 0 Å². The Hall–Kier alpha value is -2.15. The Balaban J connectivity index is 1.69. The maximum absolute atomic E-state index is 12.1. The zero-order valence-electron chi connectivity index (χ0n) is 13.4. The van der Waals surface area contributed by atoms with E-state index in [0.717, 1.165) is 10.6 Å². The van der Waals surface area contributed by atoms with Gasteiger partial charge in [-0.25, -0.2) is 4.79 Å². The zero-order valence-corrected chi connectivity index (χ0v) is 15.8. The van der Waals surface area contributed by atoms with Crippen LogP contribution in [-0.4, -0.2) is 16.2 Å². The summed E-state index contributed by atoms with van der Waals surface area (Å²) in [5.74, 6) is 0. The molecular weight excluding hydrogens is 379 g/mol. The first-order valence-corrected chi connectivity index (χ1v) is 8.94. The van der Waals surface area contributed by atoms with Crippen LogP contribution in [-0.2, 0) is 0 Å². The molecule has 1 heterocycles. The summed E-state index contributed by atoms with van der Waals surface area (Å²) in [6.07, 6.45) is 0. The van der Waals surface area contributed by atoms with Crippen LogP contribution < -0.4 is 10.6 Å². The molecule has 0 aliphatic rings. The highest BCUT2D eigenvalue weighted by Gasteiger charge is 2.11. The van der Waals surface area contributed by atoms with E-state index in [1.807, 2.05) is 19.1 Å². The first kappa shape index (κ1) is 17.7. The maximum atomic E-state index is 12.1. The number of urea groups is 1. The lowest BCUT2D eigenvalue weighted by atomic mass is 10.1. The molecule has 0 aliphatic heterocycles. The van der Waals surface area contributed by atoms with Gasteiger partial charge in [-0.3, -0.25) is 5.32 Å². The van der Waals surface area contributed by atoms with E-state index < -0.39 is 6.03 Å². The number of nitrogens with one attached hydrogen (secondary N) is 2. The third-order valence-electron chi connectivity index (χ3n) is 3.58. The molecule has 0 unspecified atom stereocenters. The van der Waals surface area contributed by atoms with Crippen molar-refractivity contribution >= 4 is 51.4 Å². The number of hydrogen-bond acceptors (Lipinski definition) is 4. The van der Waals surface area contributed by atoms with Crippen molar-refractivity contribution in [2.45, 2.75) is 13.8 Å². The Morgan fingerprint density at radius 2 is 1.76 bits per heavy atom. The van der Waals surface area contributed by atoms with Crippen molar-refractivity contribution in [3.8, 4) is 10.6 Å². The second kappa shape index (κ2) is 7.39. The SMILES string of the molecule is Cc1ccc(-c2nnc(NC(=O)Nc3ccc(Cl)c(Cl)c3)s2)cc1C. The van der Waals surface area contributed by atoms with Gasteiger partial charge in [-0.05, 0) is 49.2 Å². The highest BCUT2D eigenvalue weighted by molar-refractivity contribution is 7.18. The van der Waals surface area contributed by atoms with Crippen LogP contribution in [0, 0.1) is 13.8 Å². The van der Waals surface area contributed by atoms with Gasteiger partial charge in [-0.15, -0.1) is 10.2 Å². The molecule has 0 saturated carbocycles. The average Bonchev–Trinajstić information content (AvgIpc) is 3.02. The number of halogens is 2. The third kappa shape index (κ3) is 4.28. The lowest BCUT2D eigenvalue weighted by molar-refractivity contribution is 0.262. The molecule has 3 aromatic rings. The topological polar surface area (TPSA) is 66.9 Å². The number of rotatable bonds is 3. The highest BCUT2D eigenvalue weighted by atomic mass is 35.5. The van der Waals surface area contributed by atoms with Gasteiger partial charge in [-0.2, -0.15) is 0 Å². The van der Waals surface area contributed by atoms with Gasteiger partial charge in [0.05, 0.1) is 10.0 Å². The number of carbonyl (C=O) groups excluding carboxylic acids is 1. The molecule has 0 fully saturated rings. The van der Waals surface area contributed by atoms with Crippen LogP contribution in [0.15, 0.2) is 36.4 Å². The Morgan fingerprint density at radius 1 is 0.960 bits per heavy atom. The predicted octanol–water partition coefficient (Wildman–Crippen LogP) is 5.77. The fourth-order valence-electron chi connectivity index (χ4n) is 2.10. The first-order chi connectivity index (χ1) is 11.9. The molecule has 2 aromatic carbocycles. The van der Waals surface area contributed by atoms with E-state index in [2.05, 4.69) is 33.8 Å². The minimum atomic E-state index is -0.429. The summed E-state index contributed by atoms with van der Waals surface area (Å²) >= 11 is 13.1. The zero-order chi connectivity index (χ0) is 18.0. The van der Waals surface area contributed by atoms with Gasteiger partial charge in [0.1, 0.15) is 5.01 Å². The fourth-order valence-corrected chi connectivity index (χ4v) is 3.13. The van der Waals surface area contributed by atoms with Crippen LogP contribution in [0.3, 0.4) is 0 Å². The Morgan fingerprint density at radius 3 is 2.48 bits per heavy atom. The van der Waals surface area contributed by atoms with Crippen LogP contribution in [0.25, 0.3) is 10.6 Å². The molecule has 0 aliphatic carbocycles. The molecule has 0 atom stereocenters. The van der Waals surface area contributed by atoms with Crippen molar-refractivity contribution in [2.75, 3.05) is 10.6 Å². The molecule has 3 rings (SSSR count). The van der Waals surface area contributed by atoms with E-state index in [-0.39, 0.29) is 0 Å². The normalized spacial score (nSPS) is 10.6. The van der Waals surface area contributed by atoms with Crippen LogP contribution >= 0.6 is 34.5 Å². The summed E-state index contributed by atoms with van der Waals surface area (Å²) in [5, 5.41) is 15.4. The summed E-state index contributed by atoms with van der Waals surface area (Å²) in [7, 11) is 0. The predicted molar refractivity (Wildman–Crippen MR) is 104 cm³/mol. The molecule has 2 amide bonds. The summed E-state index contributed by atoms with van der Waals surface area (Å²) in [6.45, 7) is 4.10. The average molecular weight is 393 g/mol. The minimum absolute atomic E-state index is 0.368. The molecule has 0 saturated heterocycles. The monoisotopic (exact) mass is 392 g/mol. The molecule has 128 valence electrons. The molecule has 0 spiro atoms. The van der Waals surface area contributed by atoms with Crippen LogP contribution in [0.2, 0.25) is 10.0 Å². The van der Waals surface area contributed by atoms with Crippen molar-refractivity contribution in [3.63, 3.8) is 0 Å². The standard InChI is InChI=1S/C17H14Cl2N4OS/c1-9-3-4-11(7-10(9)2)15-22-23-17(25-15)21-16(24)20-12-5-6-13(18)14(19)8-12/h3-8H,1-2H3,(H2,20,21,23,24). The molecule has 0 bridgehead atoms. The Kier molecular flexibility index (Phi) is 5.22. The second-order valence-electron chi connectivity index (χ2n) is 5.42. The lowest BCUT2D eigenvalue weighted by Gasteiger charge is -2.06. The van der Waals surface area contributed by atoms with Crippen LogP contribution in [0.1, 0.15) is 11.1 Å². The first-order valence-electron chi connectivity index (χ1n) is 7.36. The van der Waals surface area contributed by atoms with E-state index in [0.29, 0.717) is 20.9 Å². The molecule has 2 N–H and O–H groups in total. The van der Waals surface area contributed by atoms with E-state index in [1.165, 1.54) is 22.5 Å². The van der Waals surface area contributed by atoms with E-state index in [4.69, 9.17) is 23.2 Å². The number of amides is 2. The van der Waals surface area contributed by atoms with E-state index in [9.17, 15) is 4.79 Å². The quantitative estimate of drug-likeness (QED) is 0.593. The number of aromatic nitrogens is 2. The minimum Gasteiger partial charge on any atom is -0.308 e. The molecule has 5 nitrogen and oxygen atoms in total. The van der Waals surface area contributed by atoms with Crippen molar-refractivity contribution in [3.05, 3.63) is 57.6 Å². The highest BCUT2D eigenvalue weighted by Crippen LogP contribution is 2.28. The van der Waals surface area contributed by atoms with Crippen LogP contribution in [0.4, 0.5) is 15.6 Å². The van der Waals surface area contributed by atoms with Gasteiger partial charge in [0.2, 0.25) is 5.13 Å². The van der Waals surface area contributed by atoms with Crippen LogP contribution in [0.5, 0.6) is 0 Å². The molecular formula is C17H14Cl2N4OS. The van der Waals surface area contributed by atoms with Gasteiger partial charge in [0, 0.05) is 11.3 Å². The third-order valence-corrected chi connectivity index (χ3v) is 5.20. The summed E-state index contributed by atoms with van der Waals surface area (Å²) < 4.78 is 0. The second-order valence-corrected chi connectivity index (χ2v) is 7.21. The van der Waals surface area contributed by atoms with Gasteiger partial charge in [-0.1, -0.05) is 46.7 Å². The van der Waals surface area contributed by atoms with Gasteiger partial charge in [0.15, 0.2) is 0 Å². The summed E-state index contributed by atoms with van der Waals surface area (Å²) in [6, 6.07) is 10.5. The molecule has 8 heteroatoms. The van der Waals surface area contributed by atoms with Gasteiger partial charge >= 0.3 is 6.03 Å². The Bertz CT molecular complexity index is 942. The number of carbonyl (C=O) groups is 1. The number of anilines is 2. The van der Waals surface area contributed by atoms with Crippen molar-refractivity contribution < 1.29 is 4.79 Å². The number of benzene rings is 2. The fraction of sp³-hybridized carbons (Fsp3) is 0.118. The van der Waals surface area contributed by atoms with E-state index in [1.54, 1.807) is 18.2 Å². The lowest BCUT2D eigenvalue weighted by Crippen LogP contribution is -2.19. The van der Waals surface area contributed by atoms with Crippen molar-refractivity contribution in [2.24, 2.45) is 0 Å².